The fourth-order valence-corrected chi connectivity index (χ4v) is 6.11. The van der Waals surface area contributed by atoms with Gasteiger partial charge in [-0.15, -0.1) is 11.3 Å². The molecule has 0 saturated carbocycles. The molecule has 0 radical (unpaired) electrons. The number of carbonyl (C=O) groups excluding carboxylic acids is 2. The third-order valence-electron chi connectivity index (χ3n) is 7.00. The molecule has 1 heterocycles. The van der Waals surface area contributed by atoms with Crippen molar-refractivity contribution in [2.45, 2.75) is 40.0 Å². The van der Waals surface area contributed by atoms with Crippen LogP contribution in [0.4, 0.5) is 0 Å². The molecule has 0 N–H and O–H groups in total. The van der Waals surface area contributed by atoms with Gasteiger partial charge in [0.25, 0.3) is 0 Å². The molecule has 4 aromatic carbocycles. The van der Waals surface area contributed by atoms with Gasteiger partial charge >= 0.3 is 0 Å². The molecule has 0 amide bonds. The summed E-state index contributed by atoms with van der Waals surface area (Å²) in [5.41, 5.74) is 5.89. The zero-order valence-electron chi connectivity index (χ0n) is 21.3. The molecule has 1 aliphatic rings. The predicted molar refractivity (Wildman–Crippen MR) is 153 cm³/mol. The second-order valence-electron chi connectivity index (χ2n) is 9.20. The van der Waals surface area contributed by atoms with Gasteiger partial charge in [-0.25, -0.2) is 0 Å². The molecular weight excluding hydrogens is 476 g/mol. The fourth-order valence-electron chi connectivity index (χ4n) is 4.88. The molecule has 1 aromatic heterocycles. The Balaban J connectivity index is 0.000000152. The van der Waals surface area contributed by atoms with E-state index in [2.05, 4.69) is 26.0 Å². The second-order valence-corrected chi connectivity index (χ2v) is 10.3. The Labute approximate surface area is 220 Å². The van der Waals surface area contributed by atoms with Crippen LogP contribution in [-0.2, 0) is 19.3 Å². The van der Waals surface area contributed by atoms with E-state index in [9.17, 15) is 14.4 Å². The molecule has 0 spiro atoms. The van der Waals surface area contributed by atoms with Gasteiger partial charge in [-0.1, -0.05) is 75.4 Å². The van der Waals surface area contributed by atoms with Crippen molar-refractivity contribution >= 4 is 43.1 Å². The molecule has 3 nitrogen and oxygen atoms in total. The van der Waals surface area contributed by atoms with Crippen molar-refractivity contribution in [3.63, 3.8) is 0 Å². The summed E-state index contributed by atoms with van der Waals surface area (Å²) in [6.07, 6.45) is 2.80. The number of fused-ring (bicyclic) bond motifs is 4. The first-order valence-electron chi connectivity index (χ1n) is 12.8. The highest BCUT2D eigenvalue weighted by Gasteiger charge is 2.29. The van der Waals surface area contributed by atoms with Crippen molar-refractivity contribution in [1.82, 2.24) is 0 Å². The van der Waals surface area contributed by atoms with Crippen LogP contribution in [0.2, 0.25) is 0 Å². The first-order chi connectivity index (χ1) is 18.0. The lowest BCUT2D eigenvalue weighted by Gasteiger charge is -2.17. The second kappa shape index (κ2) is 10.2. The summed E-state index contributed by atoms with van der Waals surface area (Å²) in [6.45, 7) is 6.32. The Hall–Kier alpha value is -3.89. The first kappa shape index (κ1) is 24.8. The largest absolute Gasteiger partial charge is 0.289 e. The highest BCUT2D eigenvalue weighted by Crippen LogP contribution is 2.30. The van der Waals surface area contributed by atoms with Gasteiger partial charge in [0.05, 0.1) is 0 Å². The lowest BCUT2D eigenvalue weighted by Crippen LogP contribution is -2.20. The molecule has 6 rings (SSSR count). The Bertz CT molecular complexity index is 1740. The first-order valence-corrected chi connectivity index (χ1v) is 13.6. The standard InChI is InChI=1S/C17H16OS.C16H12O2/c1-3-11-9-12(4-2)17-14(10-11)16(18)13-7-5-6-8-15(13)19-17;1-2-10-7-8-13-14(9-10)16(18)12-6-4-3-5-11(12)15(13)17/h5-10H,3-4H2,1-2H3;3-9H,2H2,1H3. The van der Waals surface area contributed by atoms with Crippen LogP contribution >= 0.6 is 11.3 Å². The van der Waals surface area contributed by atoms with Crippen LogP contribution < -0.4 is 5.43 Å². The van der Waals surface area contributed by atoms with Crippen molar-refractivity contribution in [2.24, 2.45) is 0 Å². The summed E-state index contributed by atoms with van der Waals surface area (Å²) in [5.74, 6) is -0.0987. The van der Waals surface area contributed by atoms with Gasteiger partial charge in [0.1, 0.15) is 0 Å². The minimum Gasteiger partial charge on any atom is -0.289 e. The monoisotopic (exact) mass is 504 g/mol. The summed E-state index contributed by atoms with van der Waals surface area (Å²) >= 11 is 1.74. The molecule has 0 saturated heterocycles. The highest BCUT2D eigenvalue weighted by atomic mass is 32.1. The average molecular weight is 505 g/mol. The van der Waals surface area contributed by atoms with Gasteiger partial charge in [0, 0.05) is 42.4 Å². The lowest BCUT2D eigenvalue weighted by atomic mass is 9.83. The Kier molecular flexibility index (Phi) is 6.86. The van der Waals surface area contributed by atoms with Crippen molar-refractivity contribution in [2.75, 3.05) is 0 Å². The molecule has 0 bridgehead atoms. The topological polar surface area (TPSA) is 51.2 Å². The summed E-state index contributed by atoms with van der Waals surface area (Å²) in [7, 11) is 0. The van der Waals surface area contributed by atoms with Crippen molar-refractivity contribution < 1.29 is 9.59 Å². The van der Waals surface area contributed by atoms with Gasteiger partial charge < -0.3 is 0 Å². The Morgan fingerprint density at radius 2 is 1.19 bits per heavy atom. The van der Waals surface area contributed by atoms with E-state index in [1.54, 1.807) is 41.7 Å². The van der Waals surface area contributed by atoms with Crippen LogP contribution in [0.25, 0.3) is 20.2 Å². The van der Waals surface area contributed by atoms with Crippen molar-refractivity contribution in [3.8, 4) is 0 Å². The normalized spacial score (nSPS) is 12.2. The van der Waals surface area contributed by atoms with E-state index in [0.717, 1.165) is 45.0 Å². The molecule has 0 aliphatic heterocycles. The highest BCUT2D eigenvalue weighted by molar-refractivity contribution is 7.24. The molecule has 1 aliphatic carbocycles. The Morgan fingerprint density at radius 3 is 1.86 bits per heavy atom. The summed E-state index contributed by atoms with van der Waals surface area (Å²) in [5, 5.41) is 1.73. The zero-order valence-corrected chi connectivity index (χ0v) is 22.1. The Morgan fingerprint density at radius 1 is 0.568 bits per heavy atom. The number of benzene rings is 4. The van der Waals surface area contributed by atoms with Gasteiger partial charge in [0.2, 0.25) is 0 Å². The smallest absolute Gasteiger partial charge is 0.195 e. The van der Waals surface area contributed by atoms with Gasteiger partial charge in [-0.3, -0.25) is 14.4 Å². The molecular formula is C33H28O3S. The van der Waals surface area contributed by atoms with Gasteiger partial charge in [0.15, 0.2) is 17.0 Å². The molecule has 0 atom stereocenters. The SMILES string of the molecule is CCc1cc(CC)c2sc3ccccc3c(=O)c2c1.CCc1ccc2c(c1)C(=O)c1ccccc1C2=O. The molecule has 5 aromatic rings. The maximum absolute atomic E-state index is 12.6. The third kappa shape index (κ3) is 4.42. The van der Waals surface area contributed by atoms with Crippen LogP contribution in [-0.4, -0.2) is 11.6 Å². The van der Waals surface area contributed by atoms with E-state index < -0.39 is 0 Å². The van der Waals surface area contributed by atoms with Gasteiger partial charge in [-0.2, -0.15) is 0 Å². The molecule has 37 heavy (non-hydrogen) atoms. The predicted octanol–water partition coefficient (Wildman–Crippen LogP) is 7.56. The zero-order chi connectivity index (χ0) is 26.1. The average Bonchev–Trinajstić information content (AvgIpc) is 2.95. The van der Waals surface area contributed by atoms with Gasteiger partial charge in [-0.05, 0) is 60.2 Å². The van der Waals surface area contributed by atoms with E-state index >= 15 is 0 Å². The summed E-state index contributed by atoms with van der Waals surface area (Å²) in [6, 6.07) is 24.7. The number of ketones is 2. The maximum Gasteiger partial charge on any atom is 0.195 e. The number of carbonyl (C=O) groups is 2. The van der Waals surface area contributed by atoms with Crippen molar-refractivity contribution in [3.05, 3.63) is 128 Å². The minimum absolute atomic E-state index is 0.0458. The summed E-state index contributed by atoms with van der Waals surface area (Å²) in [4.78, 5) is 37.3. The number of hydrogen-bond donors (Lipinski definition) is 0. The molecule has 0 fully saturated rings. The van der Waals surface area contributed by atoms with Crippen LogP contribution in [0.1, 0.15) is 69.3 Å². The molecule has 0 unspecified atom stereocenters. The van der Waals surface area contributed by atoms with E-state index in [0.29, 0.717) is 22.3 Å². The van der Waals surface area contributed by atoms with E-state index in [1.165, 1.54) is 11.1 Å². The third-order valence-corrected chi connectivity index (χ3v) is 8.26. The maximum atomic E-state index is 12.6. The number of aryl methyl sites for hydroxylation is 3. The summed E-state index contributed by atoms with van der Waals surface area (Å²) < 4.78 is 2.24. The van der Waals surface area contributed by atoms with Crippen LogP contribution in [0.3, 0.4) is 0 Å². The van der Waals surface area contributed by atoms with Crippen molar-refractivity contribution in [1.29, 1.82) is 0 Å². The van der Waals surface area contributed by atoms with E-state index in [1.807, 2.05) is 43.3 Å². The van der Waals surface area contributed by atoms with Crippen LogP contribution in [0.5, 0.6) is 0 Å². The quantitative estimate of drug-likeness (QED) is 0.234. The molecule has 4 heteroatoms. The van der Waals surface area contributed by atoms with Crippen LogP contribution in [0.15, 0.2) is 83.7 Å². The minimum atomic E-state index is -0.0529. The van der Waals surface area contributed by atoms with E-state index in [-0.39, 0.29) is 17.0 Å². The number of rotatable bonds is 3. The number of hydrogen-bond acceptors (Lipinski definition) is 4. The molecule has 184 valence electrons. The van der Waals surface area contributed by atoms with Crippen LogP contribution in [0, 0.1) is 0 Å². The lowest BCUT2D eigenvalue weighted by molar-refractivity contribution is 0.0979. The fraction of sp³-hybridized carbons (Fsp3) is 0.182. The van der Waals surface area contributed by atoms with E-state index in [4.69, 9.17) is 0 Å².